The lowest BCUT2D eigenvalue weighted by Crippen LogP contribution is -2.69. The highest BCUT2D eigenvalue weighted by molar-refractivity contribution is 6.01. The molecule has 4 aliphatic carbocycles. The molecule has 4 rings (SSSR count). The third-order valence-corrected chi connectivity index (χ3v) is 9.90. The zero-order chi connectivity index (χ0) is 28.1. The van der Waals surface area contributed by atoms with Gasteiger partial charge in [-0.1, -0.05) is 25.5 Å². The van der Waals surface area contributed by atoms with Crippen LogP contribution >= 0.6 is 0 Å². The summed E-state index contributed by atoms with van der Waals surface area (Å²) >= 11 is 0. The van der Waals surface area contributed by atoms with Gasteiger partial charge in [-0.05, 0) is 56.6 Å². The van der Waals surface area contributed by atoms with Gasteiger partial charge in [0.15, 0.2) is 18.1 Å². The molecule has 0 aromatic carbocycles. The molecule has 0 aromatic rings. The predicted octanol–water partition coefficient (Wildman–Crippen LogP) is 1.76. The van der Waals surface area contributed by atoms with Crippen molar-refractivity contribution in [1.29, 1.82) is 0 Å². The summed E-state index contributed by atoms with van der Waals surface area (Å²) in [5.74, 6) is -4.12. The van der Waals surface area contributed by atoms with Crippen molar-refractivity contribution in [2.45, 2.75) is 76.7 Å². The normalized spacial score (nSPS) is 41.4. The highest BCUT2D eigenvalue weighted by Gasteiger charge is 2.75. The quantitative estimate of drug-likeness (QED) is 0.395. The molecule has 0 radical (unpaired) electrons. The van der Waals surface area contributed by atoms with Crippen LogP contribution in [-0.2, 0) is 28.7 Å². The standard InChI is InChI=1S/C28H37FO9/c1-16-12-20-19-5-4-17-13-18(31)8-9-25(17,2)27(19,29)21(32)14-26(20,3)28(16,36)22(33)15-38-24(35)7-6-23(34)37-11-10-30/h8-9,13,16,19-21,30,32,36H,4-7,10-12,14-15H2,1-3H3/t16-,19+,20+,21+,25+,26+,27+,28+/m1/s1. The Labute approximate surface area is 221 Å². The van der Waals surface area contributed by atoms with E-state index < -0.39 is 70.3 Å². The monoisotopic (exact) mass is 536 g/mol. The number of ketones is 2. The number of fused-ring (bicyclic) bond motifs is 5. The van der Waals surface area contributed by atoms with Crippen LogP contribution in [0.4, 0.5) is 4.39 Å². The maximum absolute atomic E-state index is 17.2. The summed E-state index contributed by atoms with van der Waals surface area (Å²) in [5, 5.41) is 31.9. The molecule has 0 spiro atoms. The molecular weight excluding hydrogens is 499 g/mol. The van der Waals surface area contributed by atoms with Crippen molar-refractivity contribution in [3.05, 3.63) is 23.8 Å². The number of rotatable bonds is 8. The van der Waals surface area contributed by atoms with Crippen LogP contribution in [0.1, 0.15) is 59.3 Å². The van der Waals surface area contributed by atoms with Crippen LogP contribution in [0.25, 0.3) is 0 Å². The number of allylic oxidation sites excluding steroid dienone is 4. The van der Waals surface area contributed by atoms with Gasteiger partial charge in [0.2, 0.25) is 5.78 Å². The minimum Gasteiger partial charge on any atom is -0.463 e. The van der Waals surface area contributed by atoms with Gasteiger partial charge in [-0.3, -0.25) is 19.2 Å². The third-order valence-electron chi connectivity index (χ3n) is 9.90. The average molecular weight is 537 g/mol. The van der Waals surface area contributed by atoms with E-state index in [1.165, 1.54) is 12.2 Å². The minimum absolute atomic E-state index is 0.174. The Balaban J connectivity index is 1.52. The van der Waals surface area contributed by atoms with Gasteiger partial charge in [0.25, 0.3) is 0 Å². The second-order valence-corrected chi connectivity index (χ2v) is 11.7. The first-order valence-corrected chi connectivity index (χ1v) is 13.2. The van der Waals surface area contributed by atoms with Gasteiger partial charge in [0, 0.05) is 16.7 Å². The van der Waals surface area contributed by atoms with E-state index in [2.05, 4.69) is 4.74 Å². The van der Waals surface area contributed by atoms with E-state index in [0.29, 0.717) is 24.8 Å². The number of aliphatic hydroxyl groups is 3. The van der Waals surface area contributed by atoms with Crippen molar-refractivity contribution in [3.8, 4) is 0 Å². The summed E-state index contributed by atoms with van der Waals surface area (Å²) in [5.41, 5.74) is -5.74. The predicted molar refractivity (Wildman–Crippen MR) is 131 cm³/mol. The fourth-order valence-corrected chi connectivity index (χ4v) is 7.90. The van der Waals surface area contributed by atoms with Gasteiger partial charge in [0.1, 0.15) is 12.2 Å². The van der Waals surface area contributed by atoms with Crippen LogP contribution in [0.5, 0.6) is 0 Å². The summed E-state index contributed by atoms with van der Waals surface area (Å²) in [6.07, 6.45) is 3.25. The number of hydrogen-bond acceptors (Lipinski definition) is 9. The van der Waals surface area contributed by atoms with Gasteiger partial charge in [-0.25, -0.2) is 4.39 Å². The number of ether oxygens (including phenoxy) is 2. The van der Waals surface area contributed by atoms with Gasteiger partial charge < -0.3 is 24.8 Å². The zero-order valence-corrected chi connectivity index (χ0v) is 22.1. The van der Waals surface area contributed by atoms with Crippen molar-refractivity contribution in [2.75, 3.05) is 19.8 Å². The first-order chi connectivity index (χ1) is 17.8. The second kappa shape index (κ2) is 9.95. The Kier molecular flexibility index (Phi) is 7.48. The number of alkyl halides is 1. The summed E-state index contributed by atoms with van der Waals surface area (Å²) in [4.78, 5) is 49.0. The molecule has 0 saturated heterocycles. The fourth-order valence-electron chi connectivity index (χ4n) is 7.90. The van der Waals surface area contributed by atoms with Crippen LogP contribution in [0.3, 0.4) is 0 Å². The maximum atomic E-state index is 17.2. The lowest BCUT2D eigenvalue weighted by Gasteiger charge is -2.62. The third kappa shape index (κ3) is 4.07. The van der Waals surface area contributed by atoms with Crippen molar-refractivity contribution in [2.24, 2.45) is 28.6 Å². The largest absolute Gasteiger partial charge is 0.463 e. The van der Waals surface area contributed by atoms with E-state index in [1.807, 2.05) is 0 Å². The molecular formula is C28H37FO9. The fraction of sp³-hybridized carbons (Fsp3) is 0.714. The number of halogens is 1. The van der Waals surface area contributed by atoms with Gasteiger partial charge >= 0.3 is 11.9 Å². The van der Waals surface area contributed by atoms with Crippen LogP contribution in [0, 0.1) is 28.6 Å². The summed E-state index contributed by atoms with van der Waals surface area (Å²) < 4.78 is 26.9. The molecule has 3 N–H and O–H groups in total. The molecule has 38 heavy (non-hydrogen) atoms. The summed E-state index contributed by atoms with van der Waals surface area (Å²) in [6, 6.07) is 0. The van der Waals surface area contributed by atoms with E-state index in [0.717, 1.165) is 0 Å². The molecule has 4 aliphatic rings. The molecule has 10 heteroatoms. The van der Waals surface area contributed by atoms with Crippen LogP contribution in [-0.4, -0.2) is 76.0 Å². The highest BCUT2D eigenvalue weighted by atomic mass is 19.1. The van der Waals surface area contributed by atoms with Crippen molar-refractivity contribution < 1.29 is 48.4 Å². The van der Waals surface area contributed by atoms with E-state index in [1.54, 1.807) is 26.8 Å². The van der Waals surface area contributed by atoms with Gasteiger partial charge in [-0.2, -0.15) is 0 Å². The molecule has 0 bridgehead atoms. The first-order valence-electron chi connectivity index (χ1n) is 13.2. The Morgan fingerprint density at radius 1 is 1.13 bits per heavy atom. The molecule has 0 aromatic heterocycles. The Bertz CT molecular complexity index is 1080. The van der Waals surface area contributed by atoms with Gasteiger partial charge in [0.05, 0.1) is 25.6 Å². The number of carbonyl (C=O) groups excluding carboxylic acids is 4. The smallest absolute Gasteiger partial charge is 0.306 e. The van der Waals surface area contributed by atoms with E-state index in [-0.39, 0.29) is 38.3 Å². The molecule has 0 heterocycles. The molecule has 0 unspecified atom stereocenters. The Hall–Kier alpha value is -2.43. The Morgan fingerprint density at radius 3 is 2.45 bits per heavy atom. The van der Waals surface area contributed by atoms with E-state index >= 15 is 4.39 Å². The number of carbonyl (C=O) groups is 4. The van der Waals surface area contributed by atoms with E-state index in [9.17, 15) is 29.4 Å². The van der Waals surface area contributed by atoms with Crippen molar-refractivity contribution in [1.82, 2.24) is 0 Å². The molecule has 0 aliphatic heterocycles. The number of aliphatic hydroxyl groups excluding tert-OH is 2. The lowest BCUT2D eigenvalue weighted by atomic mass is 9.44. The summed E-state index contributed by atoms with van der Waals surface area (Å²) in [6.45, 7) is 3.87. The highest BCUT2D eigenvalue weighted by Crippen LogP contribution is 2.70. The second-order valence-electron chi connectivity index (χ2n) is 11.7. The maximum Gasteiger partial charge on any atom is 0.306 e. The first kappa shape index (κ1) is 28.6. The van der Waals surface area contributed by atoms with Crippen molar-refractivity contribution >= 4 is 23.5 Å². The zero-order valence-electron chi connectivity index (χ0n) is 22.1. The van der Waals surface area contributed by atoms with E-state index in [4.69, 9.17) is 9.84 Å². The number of Topliss-reactive ketones (excluding diaryl/α,β-unsaturated/α-hetero) is 1. The SMILES string of the molecule is C[C@@H]1C[C@H]2[C@@H]3CCC4=CC(=O)C=C[C@]4(C)[C@@]3(F)[C@@H](O)C[C@]2(C)[C@@]1(O)C(=O)COC(=O)CCC(=O)OCCO. The molecule has 210 valence electrons. The van der Waals surface area contributed by atoms with Crippen LogP contribution in [0.15, 0.2) is 23.8 Å². The topological polar surface area (TPSA) is 147 Å². The van der Waals surface area contributed by atoms with Gasteiger partial charge in [-0.15, -0.1) is 0 Å². The van der Waals surface area contributed by atoms with Crippen LogP contribution in [0.2, 0.25) is 0 Å². The average Bonchev–Trinajstić information content (AvgIpc) is 3.07. The molecule has 0 amide bonds. The van der Waals surface area contributed by atoms with Crippen LogP contribution < -0.4 is 0 Å². The Morgan fingerprint density at radius 2 is 1.79 bits per heavy atom. The summed E-state index contributed by atoms with van der Waals surface area (Å²) in [7, 11) is 0. The molecule has 8 atom stereocenters. The molecule has 3 saturated carbocycles. The molecule has 9 nitrogen and oxygen atoms in total. The molecule has 3 fully saturated rings. The number of hydrogen-bond donors (Lipinski definition) is 3. The number of esters is 2. The van der Waals surface area contributed by atoms with Crippen molar-refractivity contribution in [3.63, 3.8) is 0 Å². The lowest BCUT2D eigenvalue weighted by molar-refractivity contribution is -0.220. The minimum atomic E-state index is -2.08.